The number of hydrogen-bond donors (Lipinski definition) is 2. The van der Waals surface area contributed by atoms with Gasteiger partial charge in [-0.3, -0.25) is 4.79 Å². The Hall–Kier alpha value is -3.97. The van der Waals surface area contributed by atoms with Crippen LogP contribution in [-0.4, -0.2) is 37.9 Å². The molecule has 1 aliphatic rings. The minimum atomic E-state index is -0.134. The number of hydrogen-bond acceptors (Lipinski definition) is 5. The van der Waals surface area contributed by atoms with E-state index in [4.69, 9.17) is 19.9 Å². The van der Waals surface area contributed by atoms with E-state index in [1.807, 2.05) is 67.6 Å². The molecule has 0 aliphatic heterocycles. The van der Waals surface area contributed by atoms with Crippen molar-refractivity contribution >= 4 is 22.5 Å². The maximum absolute atomic E-state index is 13.0. The molecule has 1 heterocycles. The summed E-state index contributed by atoms with van der Waals surface area (Å²) in [5.74, 6) is 1.47. The first-order valence-electron chi connectivity index (χ1n) is 13.1. The highest BCUT2D eigenvalue weighted by molar-refractivity contribution is 6.02. The molecule has 7 nitrogen and oxygen atoms in total. The fourth-order valence-corrected chi connectivity index (χ4v) is 5.00. The van der Waals surface area contributed by atoms with Crippen LogP contribution in [0.25, 0.3) is 22.2 Å². The number of nitrogens with one attached hydrogen (secondary N) is 1. The number of rotatable bonds is 10. The Morgan fingerprint density at radius 2 is 1.71 bits per heavy atom. The van der Waals surface area contributed by atoms with E-state index in [2.05, 4.69) is 16.0 Å². The molecule has 0 bridgehead atoms. The minimum Gasteiger partial charge on any atom is -0.497 e. The van der Waals surface area contributed by atoms with Crippen LogP contribution in [0.3, 0.4) is 0 Å². The summed E-state index contributed by atoms with van der Waals surface area (Å²) in [7, 11) is 3.30. The van der Waals surface area contributed by atoms with Crippen molar-refractivity contribution in [1.29, 1.82) is 0 Å². The van der Waals surface area contributed by atoms with Crippen LogP contribution < -0.4 is 20.5 Å². The van der Waals surface area contributed by atoms with Crippen LogP contribution in [0.1, 0.15) is 54.2 Å². The number of benzene rings is 3. The Labute approximate surface area is 223 Å². The zero-order chi connectivity index (χ0) is 26.6. The molecule has 1 atom stereocenters. The maximum atomic E-state index is 13.0. The molecule has 1 amide bonds. The second-order valence-electron chi connectivity index (χ2n) is 9.78. The first-order valence-corrected chi connectivity index (χ1v) is 13.1. The second kappa shape index (κ2) is 11.2. The summed E-state index contributed by atoms with van der Waals surface area (Å²) < 4.78 is 18.6. The number of ether oxygens (including phenoxy) is 3. The lowest BCUT2D eigenvalue weighted by Crippen LogP contribution is -2.26. The molecule has 3 N–H and O–H groups in total. The van der Waals surface area contributed by atoms with Crippen LogP contribution in [-0.2, 0) is 4.74 Å². The highest BCUT2D eigenvalue weighted by Crippen LogP contribution is 2.44. The van der Waals surface area contributed by atoms with Crippen molar-refractivity contribution in [2.75, 3.05) is 33.2 Å². The van der Waals surface area contributed by atoms with E-state index in [0.717, 1.165) is 57.8 Å². The van der Waals surface area contributed by atoms with Gasteiger partial charge in [0, 0.05) is 35.7 Å². The molecule has 1 aliphatic carbocycles. The van der Waals surface area contributed by atoms with Gasteiger partial charge in [0.05, 0.1) is 36.7 Å². The fourth-order valence-electron chi connectivity index (χ4n) is 5.00. The molecule has 7 heteroatoms. The van der Waals surface area contributed by atoms with E-state index >= 15 is 0 Å². The topological polar surface area (TPSA) is 87.7 Å². The lowest BCUT2D eigenvalue weighted by atomic mass is 9.92. The molecule has 1 saturated carbocycles. The Balaban J connectivity index is 1.40. The summed E-state index contributed by atoms with van der Waals surface area (Å²) in [5, 5.41) is 4.10. The molecule has 5 rings (SSSR count). The molecular weight excluding hydrogens is 478 g/mol. The Bertz CT molecular complexity index is 1410. The summed E-state index contributed by atoms with van der Waals surface area (Å²) in [6, 6.07) is 21.8. The largest absolute Gasteiger partial charge is 0.497 e. The fraction of sp³-hybridized carbons (Fsp3) is 0.323. The van der Waals surface area contributed by atoms with Crippen molar-refractivity contribution in [1.82, 2.24) is 9.88 Å². The highest BCUT2D eigenvalue weighted by Gasteiger charge is 2.27. The number of carbonyl (C=O) groups excluding carboxylic acids is 1. The normalized spacial score (nSPS) is 14.2. The maximum Gasteiger partial charge on any atom is 0.251 e. The molecule has 3 aromatic carbocycles. The predicted octanol–water partition coefficient (Wildman–Crippen LogP) is 6.14. The third-order valence-corrected chi connectivity index (χ3v) is 7.39. The lowest BCUT2D eigenvalue weighted by Gasteiger charge is -2.30. The number of nitrogen functional groups attached to an aromatic ring is 1. The summed E-state index contributed by atoms with van der Waals surface area (Å²) in [6.45, 7) is 3.00. The number of anilines is 1. The van der Waals surface area contributed by atoms with Crippen molar-refractivity contribution < 1.29 is 19.0 Å². The molecule has 0 spiro atoms. The molecule has 0 unspecified atom stereocenters. The van der Waals surface area contributed by atoms with E-state index in [9.17, 15) is 4.79 Å². The van der Waals surface area contributed by atoms with Gasteiger partial charge in [0.25, 0.3) is 5.91 Å². The zero-order valence-corrected chi connectivity index (χ0v) is 22.2. The standard InChI is InChI=1S/C31H35N3O4/c1-20(21-11-13-25(37-3)14-12-21)33-31(35)23-9-7-22(8-10-23)30-29(32)27-16-15-26(38-18-17-36-2)19-28(27)34(30)24-5-4-6-24/h7-16,19-20,24H,4-6,17-18,32H2,1-3H3,(H,33,35)/t20-/m1/s1. The average Bonchev–Trinajstić information content (AvgIpc) is 3.19. The van der Waals surface area contributed by atoms with Gasteiger partial charge in [-0.25, -0.2) is 0 Å². The van der Waals surface area contributed by atoms with Crippen LogP contribution >= 0.6 is 0 Å². The van der Waals surface area contributed by atoms with Crippen molar-refractivity contribution in [2.24, 2.45) is 0 Å². The van der Waals surface area contributed by atoms with Gasteiger partial charge in [0.15, 0.2) is 0 Å². The number of amides is 1. The molecule has 4 aromatic rings. The van der Waals surface area contributed by atoms with E-state index in [1.54, 1.807) is 14.2 Å². The number of nitrogens with two attached hydrogens (primary N) is 1. The van der Waals surface area contributed by atoms with Gasteiger partial charge in [-0.15, -0.1) is 0 Å². The van der Waals surface area contributed by atoms with Gasteiger partial charge >= 0.3 is 0 Å². The van der Waals surface area contributed by atoms with Crippen LogP contribution in [0.5, 0.6) is 11.5 Å². The van der Waals surface area contributed by atoms with E-state index in [0.29, 0.717) is 24.8 Å². The second-order valence-corrected chi connectivity index (χ2v) is 9.78. The van der Waals surface area contributed by atoms with E-state index in [1.165, 1.54) is 6.42 Å². The molecule has 1 fully saturated rings. The van der Waals surface area contributed by atoms with Gasteiger partial charge in [-0.2, -0.15) is 0 Å². The van der Waals surface area contributed by atoms with Crippen LogP contribution in [0, 0.1) is 0 Å². The number of nitrogens with zero attached hydrogens (tertiary/aromatic N) is 1. The summed E-state index contributed by atoms with van der Waals surface area (Å²) in [6.07, 6.45) is 3.45. The number of aromatic nitrogens is 1. The van der Waals surface area contributed by atoms with Gasteiger partial charge in [0.1, 0.15) is 18.1 Å². The molecule has 0 saturated heterocycles. The van der Waals surface area contributed by atoms with Crippen molar-refractivity contribution in [3.63, 3.8) is 0 Å². The Morgan fingerprint density at radius 1 is 1.00 bits per heavy atom. The summed E-state index contributed by atoms with van der Waals surface area (Å²) >= 11 is 0. The summed E-state index contributed by atoms with van der Waals surface area (Å²) in [4.78, 5) is 13.0. The third-order valence-electron chi connectivity index (χ3n) is 7.39. The number of fused-ring (bicyclic) bond motifs is 1. The van der Waals surface area contributed by atoms with Crippen molar-refractivity contribution in [3.8, 4) is 22.8 Å². The number of carbonyl (C=O) groups is 1. The minimum absolute atomic E-state index is 0.120. The van der Waals surface area contributed by atoms with Crippen LogP contribution in [0.4, 0.5) is 5.69 Å². The van der Waals surface area contributed by atoms with Crippen molar-refractivity contribution in [2.45, 2.75) is 38.3 Å². The molecule has 1 aromatic heterocycles. The molecule has 38 heavy (non-hydrogen) atoms. The molecule has 198 valence electrons. The quantitative estimate of drug-likeness (QED) is 0.249. The zero-order valence-electron chi connectivity index (χ0n) is 22.2. The van der Waals surface area contributed by atoms with E-state index in [-0.39, 0.29) is 11.9 Å². The third kappa shape index (κ3) is 5.07. The predicted molar refractivity (Wildman–Crippen MR) is 151 cm³/mol. The Morgan fingerprint density at radius 3 is 2.34 bits per heavy atom. The first kappa shape index (κ1) is 25.7. The molecular formula is C31H35N3O4. The van der Waals surface area contributed by atoms with Gasteiger partial charge in [0.2, 0.25) is 0 Å². The first-order chi connectivity index (χ1) is 18.5. The van der Waals surface area contributed by atoms with Gasteiger partial charge in [-0.05, 0) is 68.1 Å². The average molecular weight is 514 g/mol. The SMILES string of the molecule is COCCOc1ccc2c(N)c(-c3ccc(C(=O)N[C@H](C)c4ccc(OC)cc4)cc3)n(C3CCC3)c2c1. The number of methoxy groups -OCH3 is 2. The van der Waals surface area contributed by atoms with Gasteiger partial charge < -0.3 is 29.8 Å². The van der Waals surface area contributed by atoms with E-state index < -0.39 is 0 Å². The van der Waals surface area contributed by atoms with Gasteiger partial charge in [-0.1, -0.05) is 24.3 Å². The monoisotopic (exact) mass is 513 g/mol. The summed E-state index contributed by atoms with van der Waals surface area (Å²) in [5.41, 5.74) is 12.2. The highest BCUT2D eigenvalue weighted by atomic mass is 16.5. The van der Waals surface area contributed by atoms with Crippen molar-refractivity contribution in [3.05, 3.63) is 77.9 Å². The smallest absolute Gasteiger partial charge is 0.251 e. The van der Waals surface area contributed by atoms with Crippen LogP contribution in [0.15, 0.2) is 66.7 Å². The molecule has 0 radical (unpaired) electrons. The Kier molecular flexibility index (Phi) is 7.56. The lowest BCUT2D eigenvalue weighted by molar-refractivity contribution is 0.0940. The van der Waals surface area contributed by atoms with Crippen LogP contribution in [0.2, 0.25) is 0 Å².